The predicted octanol–water partition coefficient (Wildman–Crippen LogP) is 3.92. The maximum atomic E-state index is 12.2. The standard InChI is InChI=1S/C20H19N3O4S3/c1-21-30(25,26)15-10-8-14(9-11-15)22-20(28)23-18-16(19(24)27-2)12-17(29-18)13-6-4-3-5-7-13/h3-12,21H,1-2H3,(H2,22,23,28). The molecule has 1 aromatic heterocycles. The lowest BCUT2D eigenvalue weighted by Gasteiger charge is -2.11. The molecule has 3 N–H and O–H groups in total. The monoisotopic (exact) mass is 461 g/mol. The second-order valence-corrected chi connectivity index (χ2v) is 9.37. The van der Waals surface area contributed by atoms with E-state index in [1.165, 1.54) is 37.6 Å². The average molecular weight is 462 g/mol. The summed E-state index contributed by atoms with van der Waals surface area (Å²) in [5.41, 5.74) is 1.95. The number of thiophene rings is 1. The molecule has 0 atom stereocenters. The molecule has 10 heteroatoms. The molecule has 7 nitrogen and oxygen atoms in total. The van der Waals surface area contributed by atoms with E-state index in [9.17, 15) is 13.2 Å². The zero-order chi connectivity index (χ0) is 21.7. The SMILES string of the molecule is CNS(=O)(=O)c1ccc(NC(=S)Nc2sc(-c3ccccc3)cc2C(=O)OC)cc1. The van der Waals surface area contributed by atoms with Crippen molar-refractivity contribution in [3.05, 3.63) is 66.2 Å². The summed E-state index contributed by atoms with van der Waals surface area (Å²) in [4.78, 5) is 13.2. The molecule has 0 bridgehead atoms. The fraction of sp³-hybridized carbons (Fsp3) is 0.100. The summed E-state index contributed by atoms with van der Waals surface area (Å²) in [7, 11) is -0.836. The molecule has 0 aliphatic heterocycles. The number of carbonyl (C=O) groups is 1. The fourth-order valence-electron chi connectivity index (χ4n) is 2.59. The van der Waals surface area contributed by atoms with E-state index in [4.69, 9.17) is 17.0 Å². The van der Waals surface area contributed by atoms with Gasteiger partial charge in [-0.2, -0.15) is 0 Å². The minimum atomic E-state index is -3.51. The van der Waals surface area contributed by atoms with E-state index < -0.39 is 16.0 Å². The van der Waals surface area contributed by atoms with Gasteiger partial charge >= 0.3 is 5.97 Å². The van der Waals surface area contributed by atoms with E-state index in [0.717, 1.165) is 10.4 Å². The quantitative estimate of drug-likeness (QED) is 0.378. The Morgan fingerprint density at radius 3 is 2.30 bits per heavy atom. The molecule has 0 saturated carbocycles. The summed E-state index contributed by atoms with van der Waals surface area (Å²) in [5.74, 6) is -0.472. The van der Waals surface area contributed by atoms with Crippen molar-refractivity contribution in [2.45, 2.75) is 4.90 Å². The van der Waals surface area contributed by atoms with Crippen LogP contribution in [0.4, 0.5) is 10.7 Å². The number of thiocarbonyl (C=S) groups is 1. The lowest BCUT2D eigenvalue weighted by atomic mass is 10.1. The molecule has 0 aliphatic carbocycles. The third-order valence-electron chi connectivity index (χ3n) is 4.11. The largest absolute Gasteiger partial charge is 0.465 e. The second-order valence-electron chi connectivity index (χ2n) is 6.02. The smallest absolute Gasteiger partial charge is 0.340 e. The van der Waals surface area contributed by atoms with E-state index in [1.54, 1.807) is 18.2 Å². The van der Waals surface area contributed by atoms with Gasteiger partial charge in [-0.1, -0.05) is 30.3 Å². The molecule has 0 aliphatic rings. The number of methoxy groups -OCH3 is 1. The first kappa shape index (κ1) is 21.9. The Hall–Kier alpha value is -2.79. The van der Waals surface area contributed by atoms with Crippen molar-refractivity contribution < 1.29 is 17.9 Å². The number of hydrogen-bond donors (Lipinski definition) is 3. The summed E-state index contributed by atoms with van der Waals surface area (Å²) in [6.45, 7) is 0. The Labute approximate surface area is 184 Å². The van der Waals surface area contributed by atoms with E-state index in [0.29, 0.717) is 16.3 Å². The third-order valence-corrected chi connectivity index (χ3v) is 6.85. The van der Waals surface area contributed by atoms with Crippen molar-refractivity contribution >= 4 is 55.3 Å². The van der Waals surface area contributed by atoms with Crippen molar-refractivity contribution in [2.75, 3.05) is 24.8 Å². The highest BCUT2D eigenvalue weighted by Gasteiger charge is 2.18. The van der Waals surface area contributed by atoms with Crippen molar-refractivity contribution in [3.8, 4) is 10.4 Å². The van der Waals surface area contributed by atoms with Crippen LogP contribution in [0, 0.1) is 0 Å². The van der Waals surface area contributed by atoms with Crippen molar-refractivity contribution in [2.24, 2.45) is 0 Å². The zero-order valence-corrected chi connectivity index (χ0v) is 18.6. The van der Waals surface area contributed by atoms with Crippen LogP contribution >= 0.6 is 23.6 Å². The van der Waals surface area contributed by atoms with Crippen LogP contribution in [0.3, 0.4) is 0 Å². The van der Waals surface area contributed by atoms with Crippen molar-refractivity contribution in [1.29, 1.82) is 0 Å². The van der Waals surface area contributed by atoms with Crippen LogP contribution in [0.5, 0.6) is 0 Å². The summed E-state index contributed by atoms with van der Waals surface area (Å²) < 4.78 is 30.8. The lowest BCUT2D eigenvalue weighted by molar-refractivity contribution is 0.0602. The van der Waals surface area contributed by atoms with Crippen molar-refractivity contribution in [3.63, 3.8) is 0 Å². The molecule has 0 saturated heterocycles. The van der Waals surface area contributed by atoms with Gasteiger partial charge in [0.1, 0.15) is 5.00 Å². The summed E-state index contributed by atoms with van der Waals surface area (Å²) in [6, 6.07) is 17.6. The van der Waals surface area contributed by atoms with Gasteiger partial charge in [0.2, 0.25) is 10.0 Å². The normalized spacial score (nSPS) is 11.0. The van der Waals surface area contributed by atoms with E-state index in [2.05, 4.69) is 15.4 Å². The summed E-state index contributed by atoms with van der Waals surface area (Å²) in [5, 5.41) is 6.81. The number of sulfonamides is 1. The average Bonchev–Trinajstić information content (AvgIpc) is 3.17. The molecule has 2 aromatic carbocycles. The number of ether oxygens (including phenoxy) is 1. The van der Waals surface area contributed by atoms with Crippen LogP contribution in [0.1, 0.15) is 10.4 Å². The molecule has 3 rings (SSSR count). The minimum absolute atomic E-state index is 0.146. The van der Waals surface area contributed by atoms with Crippen LogP contribution in [0.15, 0.2) is 65.6 Å². The molecular weight excluding hydrogens is 442 g/mol. The Morgan fingerprint density at radius 2 is 1.70 bits per heavy atom. The maximum Gasteiger partial charge on any atom is 0.340 e. The van der Waals surface area contributed by atoms with E-state index in [-0.39, 0.29) is 10.0 Å². The molecule has 0 amide bonds. The number of hydrogen-bond acceptors (Lipinski definition) is 6. The van der Waals surface area contributed by atoms with Gasteiger partial charge in [0.05, 0.1) is 17.6 Å². The zero-order valence-electron chi connectivity index (χ0n) is 16.1. The Bertz CT molecular complexity index is 1160. The first-order chi connectivity index (χ1) is 14.3. The van der Waals surface area contributed by atoms with Gasteiger partial charge in [0, 0.05) is 10.6 Å². The molecule has 3 aromatic rings. The van der Waals surface area contributed by atoms with Crippen LogP contribution in [0.2, 0.25) is 0 Å². The fourth-order valence-corrected chi connectivity index (χ4v) is 4.66. The molecule has 1 heterocycles. The van der Waals surface area contributed by atoms with Gasteiger partial charge in [-0.3, -0.25) is 0 Å². The maximum absolute atomic E-state index is 12.2. The van der Waals surface area contributed by atoms with Gasteiger partial charge in [0.15, 0.2) is 5.11 Å². The molecule has 0 unspecified atom stereocenters. The predicted molar refractivity (Wildman–Crippen MR) is 124 cm³/mol. The highest BCUT2D eigenvalue weighted by atomic mass is 32.2. The highest BCUT2D eigenvalue weighted by Crippen LogP contribution is 2.36. The molecule has 30 heavy (non-hydrogen) atoms. The van der Waals surface area contributed by atoms with Gasteiger partial charge in [0.25, 0.3) is 0 Å². The van der Waals surface area contributed by atoms with E-state index >= 15 is 0 Å². The molecule has 0 fully saturated rings. The number of nitrogens with one attached hydrogen (secondary N) is 3. The topological polar surface area (TPSA) is 96.5 Å². The van der Waals surface area contributed by atoms with Gasteiger partial charge in [-0.15, -0.1) is 11.3 Å². The van der Waals surface area contributed by atoms with Crippen LogP contribution < -0.4 is 15.4 Å². The number of esters is 1. The minimum Gasteiger partial charge on any atom is -0.465 e. The highest BCUT2D eigenvalue weighted by molar-refractivity contribution is 7.89. The van der Waals surface area contributed by atoms with Gasteiger partial charge in [-0.05, 0) is 55.2 Å². The number of carbonyl (C=O) groups excluding carboxylic acids is 1. The Morgan fingerprint density at radius 1 is 1.03 bits per heavy atom. The first-order valence-corrected chi connectivity index (χ1v) is 11.4. The van der Waals surface area contributed by atoms with Crippen LogP contribution in [0.25, 0.3) is 10.4 Å². The van der Waals surface area contributed by atoms with Crippen LogP contribution in [-0.4, -0.2) is 33.7 Å². The number of rotatable bonds is 6. The molecule has 156 valence electrons. The molecular formula is C20H19N3O4S3. The van der Waals surface area contributed by atoms with Gasteiger partial charge in [-0.25, -0.2) is 17.9 Å². The lowest BCUT2D eigenvalue weighted by Crippen LogP contribution is -2.20. The third kappa shape index (κ3) is 5.03. The molecule has 0 radical (unpaired) electrons. The Kier molecular flexibility index (Phi) is 6.83. The second kappa shape index (κ2) is 9.35. The summed E-state index contributed by atoms with van der Waals surface area (Å²) in [6.07, 6.45) is 0. The summed E-state index contributed by atoms with van der Waals surface area (Å²) >= 11 is 6.73. The number of benzene rings is 2. The first-order valence-electron chi connectivity index (χ1n) is 8.73. The van der Waals surface area contributed by atoms with Gasteiger partial charge < -0.3 is 15.4 Å². The van der Waals surface area contributed by atoms with Crippen LogP contribution in [-0.2, 0) is 14.8 Å². The molecule has 0 spiro atoms. The Balaban J connectivity index is 1.79. The number of anilines is 2. The van der Waals surface area contributed by atoms with Crippen molar-refractivity contribution in [1.82, 2.24) is 4.72 Å². The van der Waals surface area contributed by atoms with E-state index in [1.807, 2.05) is 30.3 Å².